The van der Waals surface area contributed by atoms with Gasteiger partial charge in [0.1, 0.15) is 16.9 Å². The largest absolute Gasteiger partial charge is 0.445 e. The monoisotopic (exact) mass is 434 g/mol. The van der Waals surface area contributed by atoms with E-state index in [1.54, 1.807) is 0 Å². The minimum absolute atomic E-state index is 0.122. The number of nitrogens with zero attached hydrogens (tertiary/aromatic N) is 2. The van der Waals surface area contributed by atoms with E-state index in [0.717, 1.165) is 66.3 Å². The van der Waals surface area contributed by atoms with Crippen LogP contribution >= 0.6 is 0 Å². The normalized spacial score (nSPS) is 19.0. The van der Waals surface area contributed by atoms with Gasteiger partial charge in [-0.3, -0.25) is 4.79 Å². The number of benzene rings is 3. The predicted octanol–water partition coefficient (Wildman–Crippen LogP) is 5.63. The molecule has 2 aliphatic rings. The quantitative estimate of drug-likeness (QED) is 0.409. The Hall–Kier alpha value is -3.66. The molecule has 1 unspecified atom stereocenters. The van der Waals surface area contributed by atoms with Crippen molar-refractivity contribution in [1.82, 2.24) is 4.98 Å². The molecule has 1 aliphatic heterocycles. The second-order valence-electron chi connectivity index (χ2n) is 9.02. The molecule has 6 rings (SSSR count). The van der Waals surface area contributed by atoms with Gasteiger partial charge in [-0.15, -0.1) is 0 Å². The lowest BCUT2D eigenvalue weighted by Crippen LogP contribution is -2.43. The first-order valence-electron chi connectivity index (χ1n) is 11.7. The van der Waals surface area contributed by atoms with E-state index in [9.17, 15) is 4.79 Å². The van der Waals surface area contributed by atoms with Crippen LogP contribution in [0, 0.1) is 0 Å². The number of anilines is 1. The molecule has 4 nitrogen and oxygen atoms in total. The van der Waals surface area contributed by atoms with Crippen molar-refractivity contribution in [2.75, 3.05) is 4.90 Å². The van der Waals surface area contributed by atoms with E-state index < -0.39 is 5.41 Å². The number of rotatable bonds is 5. The van der Waals surface area contributed by atoms with Crippen LogP contribution in [0.1, 0.15) is 46.9 Å². The Kier molecular flexibility index (Phi) is 4.87. The van der Waals surface area contributed by atoms with Gasteiger partial charge < -0.3 is 9.32 Å². The SMILES string of the molecule is O=C1N(Cc2ccccc2)c2ccccc2C12CCCc1oc(CCc3ccccc3)nc12. The maximum absolute atomic E-state index is 14.1. The van der Waals surface area contributed by atoms with E-state index >= 15 is 0 Å². The first-order valence-corrected chi connectivity index (χ1v) is 11.7. The number of para-hydroxylation sites is 1. The van der Waals surface area contributed by atoms with Crippen molar-refractivity contribution in [2.24, 2.45) is 0 Å². The van der Waals surface area contributed by atoms with Crippen LogP contribution in [0.4, 0.5) is 5.69 Å². The molecule has 1 aromatic heterocycles. The van der Waals surface area contributed by atoms with Crippen LogP contribution < -0.4 is 4.90 Å². The van der Waals surface area contributed by atoms with Gasteiger partial charge in [-0.2, -0.15) is 0 Å². The summed E-state index contributed by atoms with van der Waals surface area (Å²) in [4.78, 5) is 21.1. The van der Waals surface area contributed by atoms with Crippen LogP contribution in [0.25, 0.3) is 0 Å². The van der Waals surface area contributed by atoms with Crippen LogP contribution in [0.15, 0.2) is 89.3 Å². The van der Waals surface area contributed by atoms with Crippen molar-refractivity contribution < 1.29 is 9.21 Å². The summed E-state index contributed by atoms with van der Waals surface area (Å²) in [6, 6.07) is 28.8. The third-order valence-corrected chi connectivity index (χ3v) is 7.02. The number of hydrogen-bond donors (Lipinski definition) is 0. The van der Waals surface area contributed by atoms with Gasteiger partial charge in [0.15, 0.2) is 5.89 Å². The average Bonchev–Trinajstić information content (AvgIpc) is 3.39. The van der Waals surface area contributed by atoms with Gasteiger partial charge in [0, 0.05) is 18.5 Å². The van der Waals surface area contributed by atoms with Crippen molar-refractivity contribution in [2.45, 2.75) is 44.1 Å². The Morgan fingerprint density at radius 3 is 2.33 bits per heavy atom. The molecule has 33 heavy (non-hydrogen) atoms. The molecule has 0 radical (unpaired) electrons. The van der Waals surface area contributed by atoms with Gasteiger partial charge in [0.25, 0.3) is 0 Å². The Labute approximate surface area is 193 Å². The average molecular weight is 435 g/mol. The van der Waals surface area contributed by atoms with Gasteiger partial charge in [-0.25, -0.2) is 4.98 Å². The molecule has 2 heterocycles. The first kappa shape index (κ1) is 20.0. The number of oxazole rings is 1. The van der Waals surface area contributed by atoms with E-state index in [1.807, 2.05) is 41.3 Å². The van der Waals surface area contributed by atoms with Crippen LogP contribution in [0.2, 0.25) is 0 Å². The standard InChI is InChI=1S/C29H26N2O2/c32-28-29(23-14-7-8-15-24(23)31(28)20-22-12-5-2-6-13-22)19-9-16-25-27(29)30-26(33-25)18-17-21-10-3-1-4-11-21/h1-8,10-15H,9,16-20H2. The van der Waals surface area contributed by atoms with Crippen LogP contribution in [0.5, 0.6) is 0 Å². The minimum atomic E-state index is -0.743. The molecular weight excluding hydrogens is 408 g/mol. The second kappa shape index (κ2) is 8.04. The summed E-state index contributed by atoms with van der Waals surface area (Å²) in [7, 11) is 0. The molecule has 1 spiro atoms. The maximum atomic E-state index is 14.1. The molecule has 0 saturated heterocycles. The lowest BCUT2D eigenvalue weighted by atomic mass is 9.71. The minimum Gasteiger partial charge on any atom is -0.445 e. The van der Waals surface area contributed by atoms with Gasteiger partial charge in [0.2, 0.25) is 5.91 Å². The van der Waals surface area contributed by atoms with Crippen molar-refractivity contribution in [3.05, 3.63) is 119 Å². The summed E-state index contributed by atoms with van der Waals surface area (Å²) in [5, 5.41) is 0. The van der Waals surface area contributed by atoms with E-state index in [0.29, 0.717) is 6.54 Å². The topological polar surface area (TPSA) is 46.3 Å². The number of carbonyl (C=O) groups is 1. The number of aromatic nitrogens is 1. The molecule has 3 aromatic carbocycles. The molecule has 4 heteroatoms. The van der Waals surface area contributed by atoms with E-state index in [-0.39, 0.29) is 5.91 Å². The van der Waals surface area contributed by atoms with Crippen molar-refractivity contribution in [3.8, 4) is 0 Å². The molecule has 1 atom stereocenters. The van der Waals surface area contributed by atoms with Gasteiger partial charge in [-0.1, -0.05) is 78.9 Å². The Balaban J connectivity index is 1.38. The maximum Gasteiger partial charge on any atom is 0.244 e. The zero-order chi connectivity index (χ0) is 22.3. The summed E-state index contributed by atoms with van der Waals surface area (Å²) in [5.74, 6) is 1.74. The highest BCUT2D eigenvalue weighted by Crippen LogP contribution is 2.52. The Morgan fingerprint density at radius 1 is 0.848 bits per heavy atom. The fraction of sp³-hybridized carbons (Fsp3) is 0.241. The van der Waals surface area contributed by atoms with Crippen LogP contribution in [-0.4, -0.2) is 10.9 Å². The molecule has 164 valence electrons. The van der Waals surface area contributed by atoms with Crippen LogP contribution in [-0.2, 0) is 36.0 Å². The zero-order valence-electron chi connectivity index (χ0n) is 18.5. The van der Waals surface area contributed by atoms with Crippen molar-refractivity contribution in [1.29, 1.82) is 0 Å². The molecule has 4 aromatic rings. The lowest BCUT2D eigenvalue weighted by molar-refractivity contribution is -0.122. The Bertz CT molecular complexity index is 1300. The van der Waals surface area contributed by atoms with E-state index in [2.05, 4.69) is 48.5 Å². The van der Waals surface area contributed by atoms with Crippen molar-refractivity contribution >= 4 is 11.6 Å². The Morgan fingerprint density at radius 2 is 1.55 bits per heavy atom. The summed E-state index contributed by atoms with van der Waals surface area (Å²) < 4.78 is 6.25. The third-order valence-electron chi connectivity index (χ3n) is 7.02. The number of aryl methyl sites for hydroxylation is 3. The van der Waals surface area contributed by atoms with Gasteiger partial charge in [-0.05, 0) is 42.0 Å². The molecule has 0 bridgehead atoms. The third kappa shape index (κ3) is 3.29. The zero-order valence-corrected chi connectivity index (χ0v) is 18.5. The highest BCUT2D eigenvalue weighted by Gasteiger charge is 2.55. The number of fused-ring (bicyclic) bond motifs is 4. The molecule has 1 aliphatic carbocycles. The first-order chi connectivity index (χ1) is 16.3. The van der Waals surface area contributed by atoms with Crippen LogP contribution in [0.3, 0.4) is 0 Å². The summed E-state index contributed by atoms with van der Waals surface area (Å²) in [6.45, 7) is 0.562. The molecule has 1 amide bonds. The number of carbonyl (C=O) groups excluding carboxylic acids is 1. The smallest absolute Gasteiger partial charge is 0.244 e. The van der Waals surface area contributed by atoms with Crippen molar-refractivity contribution in [3.63, 3.8) is 0 Å². The fourth-order valence-electron chi connectivity index (χ4n) is 5.46. The predicted molar refractivity (Wildman–Crippen MR) is 128 cm³/mol. The molecule has 0 N–H and O–H groups in total. The summed E-state index contributed by atoms with van der Waals surface area (Å²) in [6.07, 6.45) is 4.13. The number of amides is 1. The highest BCUT2D eigenvalue weighted by atomic mass is 16.4. The molecular formula is C29H26N2O2. The number of hydrogen-bond acceptors (Lipinski definition) is 3. The highest BCUT2D eigenvalue weighted by molar-refractivity contribution is 6.10. The molecule has 0 fully saturated rings. The fourth-order valence-corrected chi connectivity index (χ4v) is 5.46. The summed E-state index contributed by atoms with van der Waals surface area (Å²) in [5.41, 5.74) is 4.54. The van der Waals surface area contributed by atoms with E-state index in [1.165, 1.54) is 5.56 Å². The summed E-state index contributed by atoms with van der Waals surface area (Å²) >= 11 is 0. The molecule has 0 saturated carbocycles. The van der Waals surface area contributed by atoms with Gasteiger partial charge in [0.05, 0.1) is 6.54 Å². The second-order valence-corrected chi connectivity index (χ2v) is 9.02. The van der Waals surface area contributed by atoms with Gasteiger partial charge >= 0.3 is 0 Å². The van der Waals surface area contributed by atoms with E-state index in [4.69, 9.17) is 9.40 Å². The lowest BCUT2D eigenvalue weighted by Gasteiger charge is -2.31.